The molecule has 5 nitrogen and oxygen atoms in total. The predicted octanol–water partition coefficient (Wildman–Crippen LogP) is 4.82. The number of fused-ring (bicyclic) bond motifs is 1. The molecule has 0 bridgehead atoms. The van der Waals surface area contributed by atoms with Crippen LogP contribution in [-0.2, 0) is 13.7 Å². The summed E-state index contributed by atoms with van der Waals surface area (Å²) >= 11 is 0. The number of rotatable bonds is 9. The zero-order valence-corrected chi connectivity index (χ0v) is 16.6. The Labute approximate surface area is 165 Å². The van der Waals surface area contributed by atoms with E-state index >= 15 is 0 Å². The van der Waals surface area contributed by atoms with Crippen molar-refractivity contribution < 1.29 is 9.84 Å². The van der Waals surface area contributed by atoms with E-state index in [9.17, 15) is 9.90 Å². The number of aromatic nitrogens is 1. The lowest BCUT2D eigenvalue weighted by Gasteiger charge is -2.14. The number of pyridine rings is 1. The minimum absolute atomic E-state index is 0.0147. The summed E-state index contributed by atoms with van der Waals surface area (Å²) in [6.07, 6.45) is 4.78. The maximum Gasteiger partial charge on any atom is 0.297 e. The highest BCUT2D eigenvalue weighted by Gasteiger charge is 2.16. The van der Waals surface area contributed by atoms with Gasteiger partial charge in [0.05, 0.1) is 5.52 Å². The van der Waals surface area contributed by atoms with Crippen molar-refractivity contribution in [3.8, 4) is 11.5 Å². The summed E-state index contributed by atoms with van der Waals surface area (Å²) in [7, 11) is 1.70. The molecule has 0 radical (unpaired) electrons. The molecule has 0 fully saturated rings. The summed E-state index contributed by atoms with van der Waals surface area (Å²) in [6, 6.07) is 15.2. The van der Waals surface area contributed by atoms with Crippen LogP contribution in [-0.4, -0.2) is 16.2 Å². The molecule has 0 saturated heterocycles. The lowest BCUT2D eigenvalue weighted by molar-refractivity contribution is 0.284. The Morgan fingerprint density at radius 2 is 1.86 bits per heavy atom. The van der Waals surface area contributed by atoms with Crippen LogP contribution in [0.4, 0.5) is 5.69 Å². The van der Waals surface area contributed by atoms with Gasteiger partial charge >= 0.3 is 0 Å². The Kier molecular flexibility index (Phi) is 6.58. The van der Waals surface area contributed by atoms with Crippen molar-refractivity contribution in [3.63, 3.8) is 0 Å². The van der Waals surface area contributed by atoms with Gasteiger partial charge in [0.2, 0.25) is 5.75 Å². The van der Waals surface area contributed by atoms with Crippen LogP contribution in [0.3, 0.4) is 0 Å². The fourth-order valence-electron chi connectivity index (χ4n) is 3.25. The molecule has 2 aromatic carbocycles. The Morgan fingerprint density at radius 3 is 2.61 bits per heavy atom. The van der Waals surface area contributed by atoms with Gasteiger partial charge in [0.15, 0.2) is 5.75 Å². The van der Waals surface area contributed by atoms with Gasteiger partial charge in [0, 0.05) is 24.7 Å². The Bertz CT molecular complexity index is 981. The molecular formula is C23H28N2O3. The third-order valence-corrected chi connectivity index (χ3v) is 4.91. The standard InChI is InChI=1S/C23H28N2O3/c1-3-4-5-9-14-24-18-12-13-19-20(15-18)25(2)23(27)22(21(19)26)28-16-17-10-7-6-8-11-17/h6-8,10-13,15,24,26H,3-5,9,14,16H2,1-2H3. The van der Waals surface area contributed by atoms with Crippen LogP contribution in [0.2, 0.25) is 0 Å². The number of hydrogen-bond donors (Lipinski definition) is 2. The van der Waals surface area contributed by atoms with E-state index < -0.39 is 0 Å². The minimum atomic E-state index is -0.346. The van der Waals surface area contributed by atoms with Crippen LogP contribution in [0.25, 0.3) is 10.9 Å². The lowest BCUT2D eigenvalue weighted by atomic mass is 10.1. The maximum atomic E-state index is 12.7. The summed E-state index contributed by atoms with van der Waals surface area (Å²) in [4.78, 5) is 12.7. The number of aryl methyl sites for hydroxylation is 1. The highest BCUT2D eigenvalue weighted by Crippen LogP contribution is 2.32. The maximum absolute atomic E-state index is 12.7. The van der Waals surface area contributed by atoms with E-state index in [1.54, 1.807) is 7.05 Å². The summed E-state index contributed by atoms with van der Waals surface area (Å²) in [6.45, 7) is 3.32. The van der Waals surface area contributed by atoms with Gasteiger partial charge in [-0.3, -0.25) is 4.79 Å². The molecule has 0 aliphatic heterocycles. The number of anilines is 1. The van der Waals surface area contributed by atoms with E-state index in [1.807, 2.05) is 48.5 Å². The lowest BCUT2D eigenvalue weighted by Crippen LogP contribution is -2.20. The first kappa shape index (κ1) is 19.8. The highest BCUT2D eigenvalue weighted by molar-refractivity contribution is 5.89. The molecule has 1 aromatic heterocycles. The van der Waals surface area contributed by atoms with Gasteiger partial charge in [0.1, 0.15) is 6.61 Å². The molecule has 0 spiro atoms. The molecule has 0 aliphatic carbocycles. The SMILES string of the molecule is CCCCCCNc1ccc2c(O)c(OCc3ccccc3)c(=O)n(C)c2c1. The van der Waals surface area contributed by atoms with Crippen LogP contribution in [0.5, 0.6) is 11.5 Å². The van der Waals surface area contributed by atoms with E-state index in [4.69, 9.17) is 4.74 Å². The summed E-state index contributed by atoms with van der Waals surface area (Å²) < 4.78 is 7.20. The fraction of sp³-hybridized carbons (Fsp3) is 0.348. The van der Waals surface area contributed by atoms with Crippen LogP contribution < -0.4 is 15.6 Å². The summed E-state index contributed by atoms with van der Waals surface area (Å²) in [5.41, 5.74) is 2.21. The van der Waals surface area contributed by atoms with Crippen molar-refractivity contribution in [3.05, 3.63) is 64.4 Å². The second kappa shape index (κ2) is 9.31. The number of ether oxygens (including phenoxy) is 1. The van der Waals surface area contributed by atoms with E-state index in [0.29, 0.717) is 10.9 Å². The van der Waals surface area contributed by atoms with E-state index in [-0.39, 0.29) is 23.7 Å². The summed E-state index contributed by atoms with van der Waals surface area (Å²) in [5, 5.41) is 14.6. The molecule has 5 heteroatoms. The number of hydrogen-bond acceptors (Lipinski definition) is 4. The van der Waals surface area contributed by atoms with Gasteiger partial charge in [0.25, 0.3) is 5.56 Å². The first-order chi connectivity index (χ1) is 13.6. The van der Waals surface area contributed by atoms with Gasteiger partial charge in [-0.25, -0.2) is 0 Å². The van der Waals surface area contributed by atoms with Crippen molar-refractivity contribution in [1.82, 2.24) is 4.57 Å². The Balaban J connectivity index is 1.81. The zero-order valence-electron chi connectivity index (χ0n) is 16.6. The molecule has 2 N–H and O–H groups in total. The third-order valence-electron chi connectivity index (χ3n) is 4.91. The van der Waals surface area contributed by atoms with Crippen LogP contribution in [0.1, 0.15) is 38.2 Å². The molecule has 148 valence electrons. The average Bonchev–Trinajstić information content (AvgIpc) is 2.72. The monoisotopic (exact) mass is 380 g/mol. The molecule has 3 aromatic rings. The molecule has 3 rings (SSSR count). The quantitative estimate of drug-likeness (QED) is 0.523. The number of unbranched alkanes of at least 4 members (excludes halogenated alkanes) is 3. The normalized spacial score (nSPS) is 10.9. The van der Waals surface area contributed by atoms with Gasteiger partial charge < -0.3 is 19.7 Å². The molecule has 1 heterocycles. The molecule has 28 heavy (non-hydrogen) atoms. The molecule has 0 aliphatic rings. The predicted molar refractivity (Wildman–Crippen MR) is 114 cm³/mol. The first-order valence-electron chi connectivity index (χ1n) is 9.88. The van der Waals surface area contributed by atoms with Crippen molar-refractivity contribution in [2.75, 3.05) is 11.9 Å². The number of nitrogens with one attached hydrogen (secondary N) is 1. The Hall–Kier alpha value is -2.95. The van der Waals surface area contributed by atoms with Gasteiger partial charge in [-0.1, -0.05) is 56.5 Å². The fourth-order valence-corrected chi connectivity index (χ4v) is 3.25. The average molecular weight is 380 g/mol. The number of benzene rings is 2. The van der Waals surface area contributed by atoms with E-state index in [2.05, 4.69) is 12.2 Å². The van der Waals surface area contributed by atoms with Crippen LogP contribution in [0.15, 0.2) is 53.3 Å². The molecule has 0 unspecified atom stereocenters. The van der Waals surface area contributed by atoms with Crippen LogP contribution >= 0.6 is 0 Å². The second-order valence-corrected chi connectivity index (χ2v) is 7.04. The van der Waals surface area contributed by atoms with Gasteiger partial charge in [-0.05, 0) is 30.2 Å². The molecule has 0 amide bonds. The van der Waals surface area contributed by atoms with Crippen molar-refractivity contribution in [1.29, 1.82) is 0 Å². The van der Waals surface area contributed by atoms with Gasteiger partial charge in [-0.2, -0.15) is 0 Å². The highest BCUT2D eigenvalue weighted by atomic mass is 16.5. The van der Waals surface area contributed by atoms with Crippen molar-refractivity contribution >= 4 is 16.6 Å². The number of aromatic hydroxyl groups is 1. The van der Waals surface area contributed by atoms with E-state index in [1.165, 1.54) is 23.8 Å². The second-order valence-electron chi connectivity index (χ2n) is 7.04. The molecular weight excluding hydrogens is 352 g/mol. The molecule has 0 atom stereocenters. The van der Waals surface area contributed by atoms with Crippen molar-refractivity contribution in [2.24, 2.45) is 7.05 Å². The van der Waals surface area contributed by atoms with Crippen molar-refractivity contribution in [2.45, 2.75) is 39.2 Å². The zero-order chi connectivity index (χ0) is 19.9. The summed E-state index contributed by atoms with van der Waals surface area (Å²) in [5.74, 6) is -0.123. The van der Waals surface area contributed by atoms with E-state index in [0.717, 1.165) is 24.2 Å². The van der Waals surface area contributed by atoms with Gasteiger partial charge in [-0.15, -0.1) is 0 Å². The minimum Gasteiger partial charge on any atom is -0.504 e. The smallest absolute Gasteiger partial charge is 0.297 e. The third kappa shape index (κ3) is 4.47. The largest absolute Gasteiger partial charge is 0.504 e. The number of nitrogens with zero attached hydrogens (tertiary/aromatic N) is 1. The first-order valence-corrected chi connectivity index (χ1v) is 9.88. The van der Waals surface area contributed by atoms with Crippen LogP contribution in [0, 0.1) is 0 Å². The Morgan fingerprint density at radius 1 is 1.07 bits per heavy atom. The molecule has 0 saturated carbocycles. The topological polar surface area (TPSA) is 63.5 Å².